The molecule has 2 heterocycles. The zero-order chi connectivity index (χ0) is 13.0. The molecule has 18 heavy (non-hydrogen) atoms. The second kappa shape index (κ2) is 6.01. The fourth-order valence-corrected chi connectivity index (χ4v) is 3.16. The lowest BCUT2D eigenvalue weighted by Crippen LogP contribution is -2.47. The van der Waals surface area contributed by atoms with Crippen molar-refractivity contribution < 1.29 is 4.74 Å². The molecule has 2 fully saturated rings. The highest BCUT2D eigenvalue weighted by Crippen LogP contribution is 2.36. The number of likely N-dealkylation sites (tertiary alicyclic amines) is 1. The van der Waals surface area contributed by atoms with Crippen LogP contribution in [0.1, 0.15) is 26.7 Å². The Morgan fingerprint density at radius 1 is 1.22 bits per heavy atom. The van der Waals surface area contributed by atoms with Gasteiger partial charge in [-0.05, 0) is 32.7 Å². The molecule has 2 rings (SSSR count). The van der Waals surface area contributed by atoms with Crippen LogP contribution in [0, 0.1) is 17.2 Å². The number of morpholine rings is 1. The van der Waals surface area contributed by atoms with Gasteiger partial charge in [0.15, 0.2) is 0 Å². The first-order valence-electron chi connectivity index (χ1n) is 7.06. The lowest BCUT2D eigenvalue weighted by atomic mass is 9.86. The molecule has 102 valence electrons. The van der Waals surface area contributed by atoms with Crippen molar-refractivity contribution in [1.29, 1.82) is 5.26 Å². The van der Waals surface area contributed by atoms with Crippen LogP contribution in [0.5, 0.6) is 0 Å². The summed E-state index contributed by atoms with van der Waals surface area (Å²) in [5.74, 6) is 0.534. The zero-order valence-corrected chi connectivity index (χ0v) is 11.7. The third kappa shape index (κ3) is 3.03. The Morgan fingerprint density at radius 2 is 1.94 bits per heavy atom. The van der Waals surface area contributed by atoms with Crippen molar-refractivity contribution in [1.82, 2.24) is 9.80 Å². The SMILES string of the molecule is CC1(C)C(CC#N)CCN1CCN1CCOCC1. The van der Waals surface area contributed by atoms with E-state index in [0.29, 0.717) is 12.3 Å². The van der Waals surface area contributed by atoms with E-state index < -0.39 is 0 Å². The Labute approximate surface area is 110 Å². The second-order valence-electron chi connectivity index (χ2n) is 5.94. The molecule has 1 unspecified atom stereocenters. The van der Waals surface area contributed by atoms with Gasteiger partial charge in [-0.25, -0.2) is 0 Å². The maximum absolute atomic E-state index is 8.89. The molecule has 4 heteroatoms. The summed E-state index contributed by atoms with van der Waals surface area (Å²) in [7, 11) is 0. The molecule has 0 spiro atoms. The summed E-state index contributed by atoms with van der Waals surface area (Å²) in [6.45, 7) is 11.9. The maximum Gasteiger partial charge on any atom is 0.0625 e. The van der Waals surface area contributed by atoms with Gasteiger partial charge in [0, 0.05) is 38.1 Å². The number of rotatable bonds is 4. The van der Waals surface area contributed by atoms with E-state index in [4.69, 9.17) is 10.00 Å². The highest BCUT2D eigenvalue weighted by molar-refractivity contribution is 4.98. The topological polar surface area (TPSA) is 39.5 Å². The normalized spacial score (nSPS) is 29.3. The first-order chi connectivity index (χ1) is 8.64. The molecule has 2 aliphatic heterocycles. The Kier molecular flexibility index (Phi) is 4.60. The van der Waals surface area contributed by atoms with Crippen molar-refractivity contribution in [3.8, 4) is 6.07 Å². The van der Waals surface area contributed by atoms with Gasteiger partial charge in [0.2, 0.25) is 0 Å². The number of hydrogen-bond donors (Lipinski definition) is 0. The van der Waals surface area contributed by atoms with E-state index in [9.17, 15) is 0 Å². The average molecular weight is 251 g/mol. The fraction of sp³-hybridized carbons (Fsp3) is 0.929. The molecule has 4 nitrogen and oxygen atoms in total. The maximum atomic E-state index is 8.89. The number of ether oxygens (including phenoxy) is 1. The van der Waals surface area contributed by atoms with Crippen LogP contribution in [0.2, 0.25) is 0 Å². The summed E-state index contributed by atoms with van der Waals surface area (Å²) in [5.41, 5.74) is 0.183. The molecule has 0 aliphatic carbocycles. The minimum atomic E-state index is 0.183. The van der Waals surface area contributed by atoms with Crippen LogP contribution >= 0.6 is 0 Å². The monoisotopic (exact) mass is 251 g/mol. The van der Waals surface area contributed by atoms with Crippen LogP contribution in [0.15, 0.2) is 0 Å². The highest BCUT2D eigenvalue weighted by Gasteiger charge is 2.40. The molecule has 0 saturated carbocycles. The summed E-state index contributed by atoms with van der Waals surface area (Å²) in [6.07, 6.45) is 1.87. The number of hydrogen-bond acceptors (Lipinski definition) is 4. The molecule has 0 amide bonds. The first kappa shape index (κ1) is 13.8. The van der Waals surface area contributed by atoms with E-state index in [2.05, 4.69) is 29.7 Å². The molecular weight excluding hydrogens is 226 g/mol. The minimum Gasteiger partial charge on any atom is -0.379 e. The van der Waals surface area contributed by atoms with Gasteiger partial charge in [0.1, 0.15) is 0 Å². The van der Waals surface area contributed by atoms with Crippen LogP contribution in [0.3, 0.4) is 0 Å². The predicted molar refractivity (Wildman–Crippen MR) is 71.2 cm³/mol. The highest BCUT2D eigenvalue weighted by atomic mass is 16.5. The third-order valence-electron chi connectivity index (χ3n) is 4.69. The van der Waals surface area contributed by atoms with Crippen molar-refractivity contribution >= 4 is 0 Å². The van der Waals surface area contributed by atoms with Gasteiger partial charge < -0.3 is 4.74 Å². The molecule has 0 bridgehead atoms. The molecule has 2 saturated heterocycles. The average Bonchev–Trinajstić information content (AvgIpc) is 2.64. The van der Waals surface area contributed by atoms with Crippen molar-refractivity contribution in [2.24, 2.45) is 5.92 Å². The number of nitrogens with zero attached hydrogens (tertiary/aromatic N) is 3. The summed E-state index contributed by atoms with van der Waals surface area (Å²) >= 11 is 0. The smallest absolute Gasteiger partial charge is 0.0625 e. The van der Waals surface area contributed by atoms with Crippen LogP contribution in [-0.2, 0) is 4.74 Å². The van der Waals surface area contributed by atoms with E-state index in [0.717, 1.165) is 45.9 Å². The molecule has 2 aliphatic rings. The van der Waals surface area contributed by atoms with Crippen molar-refractivity contribution in [2.75, 3.05) is 45.9 Å². The van der Waals surface area contributed by atoms with Crippen LogP contribution in [0.4, 0.5) is 0 Å². The van der Waals surface area contributed by atoms with Gasteiger partial charge in [-0.15, -0.1) is 0 Å². The van der Waals surface area contributed by atoms with E-state index >= 15 is 0 Å². The Morgan fingerprint density at radius 3 is 2.61 bits per heavy atom. The van der Waals surface area contributed by atoms with E-state index in [1.54, 1.807) is 0 Å². The van der Waals surface area contributed by atoms with Crippen LogP contribution < -0.4 is 0 Å². The molecule has 1 atom stereocenters. The van der Waals surface area contributed by atoms with Crippen molar-refractivity contribution in [3.05, 3.63) is 0 Å². The van der Waals surface area contributed by atoms with Gasteiger partial charge in [0.25, 0.3) is 0 Å². The van der Waals surface area contributed by atoms with Gasteiger partial charge in [-0.3, -0.25) is 9.80 Å². The van der Waals surface area contributed by atoms with Crippen molar-refractivity contribution in [3.63, 3.8) is 0 Å². The molecular formula is C14H25N3O. The van der Waals surface area contributed by atoms with Gasteiger partial charge >= 0.3 is 0 Å². The van der Waals surface area contributed by atoms with E-state index in [1.165, 1.54) is 6.42 Å². The largest absolute Gasteiger partial charge is 0.379 e. The molecule has 0 aromatic heterocycles. The quantitative estimate of drug-likeness (QED) is 0.756. The minimum absolute atomic E-state index is 0.183. The molecule has 0 radical (unpaired) electrons. The van der Waals surface area contributed by atoms with Gasteiger partial charge in [-0.1, -0.05) is 0 Å². The fourth-order valence-electron chi connectivity index (χ4n) is 3.16. The summed E-state index contributed by atoms with van der Waals surface area (Å²) in [4.78, 5) is 5.04. The Balaban J connectivity index is 1.81. The Hall–Kier alpha value is -0.630. The predicted octanol–water partition coefficient (Wildman–Crippen LogP) is 1.33. The van der Waals surface area contributed by atoms with Crippen molar-refractivity contribution in [2.45, 2.75) is 32.2 Å². The second-order valence-corrected chi connectivity index (χ2v) is 5.94. The van der Waals surface area contributed by atoms with Crippen LogP contribution in [0.25, 0.3) is 0 Å². The summed E-state index contributed by atoms with van der Waals surface area (Å²) in [6, 6.07) is 2.34. The standard InChI is InChI=1S/C14H25N3O/c1-14(2)13(3-5-15)4-6-17(14)8-7-16-9-11-18-12-10-16/h13H,3-4,6-12H2,1-2H3. The Bertz CT molecular complexity index is 305. The molecule has 0 aromatic carbocycles. The lowest BCUT2D eigenvalue weighted by Gasteiger charge is -2.37. The molecule has 0 N–H and O–H groups in total. The third-order valence-corrected chi connectivity index (χ3v) is 4.69. The first-order valence-corrected chi connectivity index (χ1v) is 7.06. The lowest BCUT2D eigenvalue weighted by molar-refractivity contribution is 0.0279. The molecule has 0 aromatic rings. The number of nitriles is 1. The summed E-state index contributed by atoms with van der Waals surface area (Å²) < 4.78 is 5.37. The van der Waals surface area contributed by atoms with Crippen LogP contribution in [-0.4, -0.2) is 61.3 Å². The zero-order valence-electron chi connectivity index (χ0n) is 11.7. The van der Waals surface area contributed by atoms with E-state index in [-0.39, 0.29) is 5.54 Å². The van der Waals surface area contributed by atoms with Gasteiger partial charge in [0.05, 0.1) is 19.3 Å². The van der Waals surface area contributed by atoms with E-state index in [1.807, 2.05) is 0 Å². The van der Waals surface area contributed by atoms with Gasteiger partial charge in [-0.2, -0.15) is 5.26 Å². The summed E-state index contributed by atoms with van der Waals surface area (Å²) in [5, 5.41) is 8.89.